The van der Waals surface area contributed by atoms with Crippen molar-refractivity contribution in [1.29, 1.82) is 0 Å². The van der Waals surface area contributed by atoms with E-state index >= 15 is 0 Å². The molecule has 4 aliphatic carbocycles. The van der Waals surface area contributed by atoms with E-state index in [1.165, 1.54) is 38.5 Å². The molecule has 1 aromatic carbocycles. The van der Waals surface area contributed by atoms with Crippen LogP contribution in [0.2, 0.25) is 0 Å². The molecular formula is C21H32N2O3S. The van der Waals surface area contributed by atoms with Gasteiger partial charge in [-0.05, 0) is 74.3 Å². The quantitative estimate of drug-likeness (QED) is 0.626. The highest BCUT2D eigenvalue weighted by Gasteiger charge is 2.55. The van der Waals surface area contributed by atoms with Crippen molar-refractivity contribution in [3.8, 4) is 0 Å². The lowest BCUT2D eigenvalue weighted by Gasteiger charge is -2.59. The highest BCUT2D eigenvalue weighted by molar-refractivity contribution is 7.90. The zero-order valence-corrected chi connectivity index (χ0v) is 17.0. The van der Waals surface area contributed by atoms with Gasteiger partial charge in [-0.25, -0.2) is 0 Å². The van der Waals surface area contributed by atoms with Crippen LogP contribution in [0.25, 0.3) is 0 Å². The molecule has 1 aromatic rings. The van der Waals surface area contributed by atoms with E-state index in [1.54, 1.807) is 24.3 Å². The fourth-order valence-electron chi connectivity index (χ4n) is 6.16. The summed E-state index contributed by atoms with van der Waals surface area (Å²) in [6.07, 6.45) is 8.50. The van der Waals surface area contributed by atoms with Gasteiger partial charge in [-0.15, -0.1) is 0 Å². The van der Waals surface area contributed by atoms with Crippen molar-refractivity contribution < 1.29 is 13.2 Å². The van der Waals surface area contributed by atoms with E-state index < -0.39 is 10.2 Å². The fraction of sp³-hybridized carbons (Fsp3) is 0.714. The topological polar surface area (TPSA) is 67.4 Å². The van der Waals surface area contributed by atoms with E-state index in [1.807, 2.05) is 6.07 Å². The second-order valence-electron chi connectivity index (χ2n) is 8.79. The molecule has 0 aromatic heterocycles. The highest BCUT2D eigenvalue weighted by atomic mass is 32.2. The van der Waals surface area contributed by atoms with Crippen LogP contribution >= 0.6 is 0 Å². The van der Waals surface area contributed by atoms with Crippen molar-refractivity contribution in [3.05, 3.63) is 30.3 Å². The summed E-state index contributed by atoms with van der Waals surface area (Å²) < 4.78 is 35.7. The Hall–Kier alpha value is -1.11. The van der Waals surface area contributed by atoms with E-state index in [2.05, 4.69) is 16.4 Å². The molecule has 0 aliphatic heterocycles. The Morgan fingerprint density at radius 2 is 1.81 bits per heavy atom. The maximum absolute atomic E-state index is 12.1. The number of rotatable bonds is 9. The number of benzene rings is 1. The molecule has 2 N–H and O–H groups in total. The number of para-hydroxylation sites is 1. The Morgan fingerprint density at radius 1 is 1.11 bits per heavy atom. The van der Waals surface area contributed by atoms with Crippen LogP contribution in [0.1, 0.15) is 51.9 Å². The monoisotopic (exact) mass is 392 g/mol. The maximum atomic E-state index is 12.1. The van der Waals surface area contributed by atoms with E-state index in [0.29, 0.717) is 25.3 Å². The lowest BCUT2D eigenvalue weighted by molar-refractivity contribution is -0.183. The molecule has 5 nitrogen and oxygen atoms in total. The Morgan fingerprint density at radius 3 is 2.48 bits per heavy atom. The van der Waals surface area contributed by atoms with Gasteiger partial charge in [0.05, 0.1) is 5.60 Å². The molecular weight excluding hydrogens is 360 g/mol. The van der Waals surface area contributed by atoms with Crippen molar-refractivity contribution in [1.82, 2.24) is 4.72 Å². The molecule has 4 saturated carbocycles. The second kappa shape index (κ2) is 7.72. The summed E-state index contributed by atoms with van der Waals surface area (Å²) in [6.45, 7) is 3.37. The molecule has 0 amide bonds. The van der Waals surface area contributed by atoms with Crippen LogP contribution in [-0.2, 0) is 14.9 Å². The van der Waals surface area contributed by atoms with E-state index in [4.69, 9.17) is 4.74 Å². The molecule has 27 heavy (non-hydrogen) atoms. The Bertz CT molecular complexity index is 721. The molecule has 2 unspecified atom stereocenters. The van der Waals surface area contributed by atoms with Gasteiger partial charge in [0.1, 0.15) is 0 Å². The predicted octanol–water partition coefficient (Wildman–Crippen LogP) is 3.94. The SMILES string of the molecule is CCC1C2CC3CC1CC(OCCCNS(=O)(=O)Nc1ccccc1)(C3)C2. The van der Waals surface area contributed by atoms with Crippen LogP contribution in [-0.4, -0.2) is 27.2 Å². The summed E-state index contributed by atoms with van der Waals surface area (Å²) in [7, 11) is -3.53. The minimum Gasteiger partial charge on any atom is -0.375 e. The molecule has 0 saturated heterocycles. The maximum Gasteiger partial charge on any atom is 0.299 e. The molecule has 2 atom stereocenters. The first kappa shape index (κ1) is 19.2. The van der Waals surface area contributed by atoms with Gasteiger partial charge in [0.2, 0.25) is 0 Å². The van der Waals surface area contributed by atoms with Gasteiger partial charge in [0.25, 0.3) is 10.2 Å². The predicted molar refractivity (Wildman–Crippen MR) is 108 cm³/mol. The molecule has 4 aliphatic rings. The van der Waals surface area contributed by atoms with E-state index in [9.17, 15) is 8.42 Å². The lowest BCUT2D eigenvalue weighted by Crippen LogP contribution is -2.55. The number of hydrogen-bond acceptors (Lipinski definition) is 3. The van der Waals surface area contributed by atoms with Gasteiger partial charge >= 0.3 is 0 Å². The van der Waals surface area contributed by atoms with Gasteiger partial charge in [0, 0.05) is 18.8 Å². The Kier molecular flexibility index (Phi) is 5.50. The summed E-state index contributed by atoms with van der Waals surface area (Å²) in [5.74, 6) is 3.48. The first-order valence-corrected chi connectivity index (χ1v) is 11.9. The van der Waals surface area contributed by atoms with Crippen molar-refractivity contribution in [3.63, 3.8) is 0 Å². The Balaban J connectivity index is 1.22. The van der Waals surface area contributed by atoms with Crippen LogP contribution in [0.15, 0.2) is 30.3 Å². The van der Waals surface area contributed by atoms with E-state index in [0.717, 1.165) is 23.7 Å². The number of ether oxygens (including phenoxy) is 1. The van der Waals surface area contributed by atoms with Crippen molar-refractivity contribution in [2.45, 2.75) is 57.5 Å². The summed E-state index contributed by atoms with van der Waals surface area (Å²) in [5, 5.41) is 0. The van der Waals surface area contributed by atoms with Crippen LogP contribution < -0.4 is 9.44 Å². The first-order chi connectivity index (χ1) is 13.0. The third-order valence-corrected chi connectivity index (χ3v) is 8.02. The molecule has 5 rings (SSSR count). The van der Waals surface area contributed by atoms with Gasteiger partial charge in [-0.3, -0.25) is 4.72 Å². The fourth-order valence-corrected chi connectivity index (χ4v) is 7.09. The largest absolute Gasteiger partial charge is 0.375 e. The third kappa shape index (κ3) is 4.33. The lowest BCUT2D eigenvalue weighted by atomic mass is 9.49. The molecule has 4 fully saturated rings. The molecule has 0 heterocycles. The van der Waals surface area contributed by atoms with Gasteiger partial charge in [-0.2, -0.15) is 13.1 Å². The third-order valence-electron chi connectivity index (χ3n) is 6.93. The average molecular weight is 393 g/mol. The second-order valence-corrected chi connectivity index (χ2v) is 10.3. The van der Waals surface area contributed by atoms with Crippen molar-refractivity contribution >= 4 is 15.9 Å². The summed E-state index contributed by atoms with van der Waals surface area (Å²) in [4.78, 5) is 0. The van der Waals surface area contributed by atoms with Gasteiger partial charge in [-0.1, -0.05) is 31.5 Å². The smallest absolute Gasteiger partial charge is 0.299 e. The number of nitrogens with one attached hydrogen (secondary N) is 2. The minimum atomic E-state index is -3.53. The normalized spacial score (nSPS) is 34.7. The minimum absolute atomic E-state index is 0.0866. The standard InChI is InChI=1S/C21H32N2O3S/c1-2-20-17-11-16-12-18(20)15-21(13-16,14-17)26-10-6-9-22-27(24,25)23-19-7-4-3-5-8-19/h3-5,7-8,16-18,20,22-23H,2,6,9-15H2,1H3. The first-order valence-electron chi connectivity index (χ1n) is 10.4. The molecule has 0 radical (unpaired) electrons. The molecule has 6 heteroatoms. The summed E-state index contributed by atoms with van der Waals surface area (Å²) in [5.41, 5.74) is 0.656. The Labute approximate surface area is 163 Å². The van der Waals surface area contributed by atoms with E-state index in [-0.39, 0.29) is 5.60 Å². The highest BCUT2D eigenvalue weighted by Crippen LogP contribution is 2.60. The zero-order chi connectivity index (χ0) is 18.9. The number of anilines is 1. The van der Waals surface area contributed by atoms with Crippen molar-refractivity contribution in [2.24, 2.45) is 23.7 Å². The molecule has 150 valence electrons. The van der Waals surface area contributed by atoms with Gasteiger partial charge in [0.15, 0.2) is 0 Å². The van der Waals surface area contributed by atoms with Crippen LogP contribution in [0.5, 0.6) is 0 Å². The van der Waals surface area contributed by atoms with Gasteiger partial charge < -0.3 is 4.74 Å². The van der Waals surface area contributed by atoms with Crippen LogP contribution in [0.4, 0.5) is 5.69 Å². The van der Waals surface area contributed by atoms with Crippen LogP contribution in [0.3, 0.4) is 0 Å². The molecule has 4 bridgehead atoms. The summed E-state index contributed by atoms with van der Waals surface area (Å²) >= 11 is 0. The van der Waals surface area contributed by atoms with Crippen molar-refractivity contribution in [2.75, 3.05) is 17.9 Å². The number of hydrogen-bond donors (Lipinski definition) is 2. The zero-order valence-electron chi connectivity index (χ0n) is 16.2. The van der Waals surface area contributed by atoms with Crippen LogP contribution in [0, 0.1) is 23.7 Å². The average Bonchev–Trinajstić information content (AvgIpc) is 2.61. The summed E-state index contributed by atoms with van der Waals surface area (Å²) in [6, 6.07) is 8.94. The molecule has 0 spiro atoms.